The molecular formula is C21H30N4O. The average molecular weight is 354 g/mol. The quantitative estimate of drug-likeness (QED) is 0.892. The molecule has 1 unspecified atom stereocenters. The Labute approximate surface area is 156 Å². The Morgan fingerprint density at radius 3 is 2.54 bits per heavy atom. The molecule has 0 radical (unpaired) electrons. The Balaban J connectivity index is 1.64. The molecule has 2 heterocycles. The number of hydrogen-bond donors (Lipinski definition) is 1. The Morgan fingerprint density at radius 1 is 1.15 bits per heavy atom. The van der Waals surface area contributed by atoms with Gasteiger partial charge in [0.2, 0.25) is 0 Å². The van der Waals surface area contributed by atoms with Crippen molar-refractivity contribution in [2.45, 2.75) is 46.6 Å². The van der Waals surface area contributed by atoms with Crippen LogP contribution < -0.4 is 0 Å². The molecule has 1 aliphatic rings. The van der Waals surface area contributed by atoms with Crippen LogP contribution in [0.3, 0.4) is 0 Å². The van der Waals surface area contributed by atoms with Gasteiger partial charge >= 0.3 is 0 Å². The van der Waals surface area contributed by atoms with Crippen molar-refractivity contribution in [3.8, 4) is 11.3 Å². The van der Waals surface area contributed by atoms with Gasteiger partial charge in [0, 0.05) is 37.8 Å². The van der Waals surface area contributed by atoms with Crippen LogP contribution in [0.1, 0.15) is 48.3 Å². The molecule has 1 aromatic carbocycles. The maximum absolute atomic E-state index is 12.8. The van der Waals surface area contributed by atoms with Gasteiger partial charge in [-0.15, -0.1) is 0 Å². The molecule has 1 aliphatic heterocycles. The van der Waals surface area contributed by atoms with Gasteiger partial charge < -0.3 is 4.90 Å². The van der Waals surface area contributed by atoms with E-state index in [1.807, 2.05) is 11.0 Å². The van der Waals surface area contributed by atoms with Gasteiger partial charge in [-0.3, -0.25) is 14.8 Å². The summed E-state index contributed by atoms with van der Waals surface area (Å²) in [4.78, 5) is 17.2. The number of nitrogens with one attached hydrogen (secondary N) is 1. The number of carbonyl (C=O) groups is 1. The molecule has 1 saturated heterocycles. The number of aromatic amines is 1. The van der Waals surface area contributed by atoms with Gasteiger partial charge in [0.15, 0.2) is 0 Å². The summed E-state index contributed by atoms with van der Waals surface area (Å²) in [6, 6.07) is 8.74. The number of benzene rings is 1. The summed E-state index contributed by atoms with van der Waals surface area (Å²) < 4.78 is 0. The van der Waals surface area contributed by atoms with Gasteiger partial charge in [-0.1, -0.05) is 25.5 Å². The Kier molecular flexibility index (Phi) is 5.77. The zero-order valence-corrected chi connectivity index (χ0v) is 16.4. The van der Waals surface area contributed by atoms with Crippen LogP contribution in [0.4, 0.5) is 0 Å². The standard InChI is InChI=1S/C21H30N4O/c1-5-6-17(4)24-9-11-25(12-10-24)21(26)20-14-19(22-23-20)18-8-7-15(2)16(3)13-18/h7-8,13-14,17H,5-6,9-12H2,1-4H3,(H,22,23). The number of piperazine rings is 1. The van der Waals surface area contributed by atoms with Crippen LogP contribution in [0.25, 0.3) is 11.3 Å². The lowest BCUT2D eigenvalue weighted by Gasteiger charge is -2.37. The number of nitrogens with zero attached hydrogens (tertiary/aromatic N) is 3. The molecule has 1 atom stereocenters. The van der Waals surface area contributed by atoms with Gasteiger partial charge in [-0.2, -0.15) is 5.10 Å². The van der Waals surface area contributed by atoms with E-state index in [9.17, 15) is 4.79 Å². The topological polar surface area (TPSA) is 52.2 Å². The van der Waals surface area contributed by atoms with Crippen molar-refractivity contribution in [1.29, 1.82) is 0 Å². The lowest BCUT2D eigenvalue weighted by molar-refractivity contribution is 0.0569. The first-order valence-electron chi connectivity index (χ1n) is 9.66. The molecule has 0 aliphatic carbocycles. The molecule has 2 aromatic rings. The fourth-order valence-corrected chi connectivity index (χ4v) is 3.62. The molecule has 1 N–H and O–H groups in total. The predicted molar refractivity (Wildman–Crippen MR) is 105 cm³/mol. The van der Waals surface area contributed by atoms with Crippen molar-refractivity contribution in [3.63, 3.8) is 0 Å². The smallest absolute Gasteiger partial charge is 0.271 e. The van der Waals surface area contributed by atoms with Gasteiger partial charge in [-0.05, 0) is 50.5 Å². The largest absolute Gasteiger partial charge is 0.335 e. The molecule has 1 amide bonds. The molecule has 5 heteroatoms. The van der Waals surface area contributed by atoms with Crippen LogP contribution in [0, 0.1) is 13.8 Å². The van der Waals surface area contributed by atoms with E-state index in [0.717, 1.165) is 37.4 Å². The zero-order chi connectivity index (χ0) is 18.7. The third-order valence-corrected chi connectivity index (χ3v) is 5.54. The molecule has 5 nitrogen and oxygen atoms in total. The molecule has 0 saturated carbocycles. The van der Waals surface area contributed by atoms with Crippen LogP contribution in [-0.4, -0.2) is 58.1 Å². The van der Waals surface area contributed by atoms with Gasteiger partial charge in [0.05, 0.1) is 5.69 Å². The lowest BCUT2D eigenvalue weighted by Crippen LogP contribution is -2.51. The second kappa shape index (κ2) is 8.04. The monoisotopic (exact) mass is 354 g/mol. The van der Waals surface area contributed by atoms with Crippen LogP contribution in [0.5, 0.6) is 0 Å². The van der Waals surface area contributed by atoms with E-state index >= 15 is 0 Å². The first-order valence-corrected chi connectivity index (χ1v) is 9.66. The maximum Gasteiger partial charge on any atom is 0.271 e. The molecule has 26 heavy (non-hydrogen) atoms. The summed E-state index contributed by atoms with van der Waals surface area (Å²) in [5, 5.41) is 7.29. The minimum atomic E-state index is 0.0513. The molecule has 1 fully saturated rings. The Hall–Kier alpha value is -2.14. The third-order valence-electron chi connectivity index (χ3n) is 5.54. The normalized spacial score (nSPS) is 16.7. The van der Waals surface area contributed by atoms with Crippen molar-refractivity contribution >= 4 is 5.91 Å². The fourth-order valence-electron chi connectivity index (χ4n) is 3.62. The van der Waals surface area contributed by atoms with Gasteiger partial charge in [0.1, 0.15) is 5.69 Å². The van der Waals surface area contributed by atoms with Crippen LogP contribution >= 0.6 is 0 Å². The first kappa shape index (κ1) is 18.6. The SMILES string of the molecule is CCCC(C)N1CCN(C(=O)c2cc(-c3ccc(C)c(C)c3)n[nH]2)CC1. The van der Waals surface area contributed by atoms with E-state index < -0.39 is 0 Å². The number of rotatable bonds is 5. The summed E-state index contributed by atoms with van der Waals surface area (Å²) in [6.45, 7) is 12.2. The zero-order valence-electron chi connectivity index (χ0n) is 16.4. The lowest BCUT2D eigenvalue weighted by atomic mass is 10.0. The highest BCUT2D eigenvalue weighted by molar-refractivity contribution is 5.93. The molecule has 140 valence electrons. The second-order valence-electron chi connectivity index (χ2n) is 7.43. The van der Waals surface area contributed by atoms with Gasteiger partial charge in [0.25, 0.3) is 5.91 Å². The third kappa shape index (κ3) is 3.98. The Morgan fingerprint density at radius 2 is 1.88 bits per heavy atom. The molecule has 1 aromatic heterocycles. The van der Waals surface area contributed by atoms with E-state index in [1.54, 1.807) is 0 Å². The highest BCUT2D eigenvalue weighted by atomic mass is 16.2. The molecule has 3 rings (SSSR count). The number of aryl methyl sites for hydroxylation is 2. The van der Waals surface area contributed by atoms with Crippen molar-refractivity contribution in [3.05, 3.63) is 41.1 Å². The van der Waals surface area contributed by atoms with Crippen LogP contribution in [0.2, 0.25) is 0 Å². The number of H-pyrrole nitrogens is 1. The van der Waals surface area contributed by atoms with Crippen LogP contribution in [-0.2, 0) is 0 Å². The number of aromatic nitrogens is 2. The van der Waals surface area contributed by atoms with Crippen molar-refractivity contribution in [2.75, 3.05) is 26.2 Å². The number of hydrogen-bond acceptors (Lipinski definition) is 3. The minimum Gasteiger partial charge on any atom is -0.335 e. The Bertz CT molecular complexity index is 759. The van der Waals surface area contributed by atoms with Gasteiger partial charge in [-0.25, -0.2) is 0 Å². The number of amides is 1. The van der Waals surface area contributed by atoms with E-state index in [-0.39, 0.29) is 5.91 Å². The maximum atomic E-state index is 12.8. The molecule has 0 spiro atoms. The minimum absolute atomic E-state index is 0.0513. The van der Waals surface area contributed by atoms with E-state index in [2.05, 4.69) is 61.0 Å². The first-order chi connectivity index (χ1) is 12.5. The summed E-state index contributed by atoms with van der Waals surface area (Å²) >= 11 is 0. The number of carbonyl (C=O) groups excluding carboxylic acids is 1. The van der Waals surface area contributed by atoms with Crippen LogP contribution in [0.15, 0.2) is 24.3 Å². The fraction of sp³-hybridized carbons (Fsp3) is 0.524. The highest BCUT2D eigenvalue weighted by Gasteiger charge is 2.25. The second-order valence-corrected chi connectivity index (χ2v) is 7.43. The summed E-state index contributed by atoms with van der Waals surface area (Å²) in [5.41, 5.74) is 4.94. The summed E-state index contributed by atoms with van der Waals surface area (Å²) in [6.07, 6.45) is 2.42. The average Bonchev–Trinajstić information content (AvgIpc) is 3.14. The highest BCUT2D eigenvalue weighted by Crippen LogP contribution is 2.22. The molecular weight excluding hydrogens is 324 g/mol. The van der Waals surface area contributed by atoms with E-state index in [0.29, 0.717) is 11.7 Å². The summed E-state index contributed by atoms with van der Waals surface area (Å²) in [7, 11) is 0. The van der Waals surface area contributed by atoms with E-state index in [4.69, 9.17) is 0 Å². The van der Waals surface area contributed by atoms with E-state index in [1.165, 1.54) is 24.0 Å². The van der Waals surface area contributed by atoms with Crippen molar-refractivity contribution < 1.29 is 4.79 Å². The summed E-state index contributed by atoms with van der Waals surface area (Å²) in [5.74, 6) is 0.0513. The molecule has 0 bridgehead atoms. The predicted octanol–water partition coefficient (Wildman–Crippen LogP) is 3.64. The van der Waals surface area contributed by atoms with Crippen molar-refractivity contribution in [1.82, 2.24) is 20.0 Å². The van der Waals surface area contributed by atoms with Crippen molar-refractivity contribution in [2.24, 2.45) is 0 Å².